The Bertz CT molecular complexity index is 393. The molecule has 1 aliphatic rings. The van der Waals surface area contributed by atoms with E-state index >= 15 is 0 Å². The molecule has 2 rings (SSSR count). The lowest BCUT2D eigenvalue weighted by molar-refractivity contribution is -0.0660. The molecule has 1 aromatic carbocycles. The maximum atomic E-state index is 5.88. The van der Waals surface area contributed by atoms with E-state index in [0.717, 1.165) is 19.7 Å². The zero-order chi connectivity index (χ0) is 13.1. The maximum Gasteiger partial charge on any atom is 0.0894 e. The second kappa shape index (κ2) is 5.83. The summed E-state index contributed by atoms with van der Waals surface area (Å²) in [6, 6.07) is 6.81. The van der Waals surface area contributed by atoms with Crippen molar-refractivity contribution in [3.8, 4) is 0 Å². The van der Waals surface area contributed by atoms with Crippen molar-refractivity contribution in [1.29, 1.82) is 0 Å². The minimum Gasteiger partial charge on any atom is -0.374 e. The number of hydrogen-bond acceptors (Lipinski definition) is 3. The highest BCUT2D eigenvalue weighted by Gasteiger charge is 2.32. The lowest BCUT2D eigenvalue weighted by Gasteiger charge is -2.41. The molecule has 0 aliphatic carbocycles. The van der Waals surface area contributed by atoms with E-state index in [9.17, 15) is 0 Å². The fourth-order valence-corrected chi connectivity index (χ4v) is 2.83. The molecule has 3 nitrogen and oxygen atoms in total. The van der Waals surface area contributed by atoms with Crippen LogP contribution < -0.4 is 5.73 Å². The largest absolute Gasteiger partial charge is 0.374 e. The van der Waals surface area contributed by atoms with Gasteiger partial charge in [0.1, 0.15) is 0 Å². The molecule has 100 valence electrons. The molecule has 0 saturated carbocycles. The molecule has 18 heavy (non-hydrogen) atoms. The summed E-state index contributed by atoms with van der Waals surface area (Å²) in [7, 11) is 0. The van der Waals surface area contributed by atoms with Gasteiger partial charge in [0.15, 0.2) is 0 Å². The Morgan fingerprint density at radius 2 is 2.17 bits per heavy atom. The van der Waals surface area contributed by atoms with E-state index < -0.39 is 0 Å². The topological polar surface area (TPSA) is 38.5 Å². The quantitative estimate of drug-likeness (QED) is 0.889. The van der Waals surface area contributed by atoms with Crippen molar-refractivity contribution in [2.24, 2.45) is 5.73 Å². The van der Waals surface area contributed by atoms with Crippen LogP contribution in [0, 0.1) is 13.8 Å². The number of hydrogen-bond donors (Lipinski definition) is 1. The van der Waals surface area contributed by atoms with Crippen LogP contribution >= 0.6 is 0 Å². The Balaban J connectivity index is 2.39. The number of morpholine rings is 1. The smallest absolute Gasteiger partial charge is 0.0894 e. The summed E-state index contributed by atoms with van der Waals surface area (Å²) in [6.07, 6.45) is 0.110. The SMILES string of the molecule is CCN1CCOC(CN)C1c1cccc(C)c1C. The van der Waals surface area contributed by atoms with Crippen LogP contribution in [0.3, 0.4) is 0 Å². The standard InChI is InChI=1S/C15H24N2O/c1-4-17-8-9-18-14(10-16)15(17)13-7-5-6-11(2)12(13)3/h5-7,14-15H,4,8-10,16H2,1-3H3. The third kappa shape index (κ3) is 2.44. The van der Waals surface area contributed by atoms with Crippen LogP contribution in [0.1, 0.15) is 29.7 Å². The van der Waals surface area contributed by atoms with Crippen molar-refractivity contribution in [1.82, 2.24) is 4.90 Å². The van der Waals surface area contributed by atoms with Gasteiger partial charge in [0, 0.05) is 13.1 Å². The molecule has 2 atom stereocenters. The number of nitrogens with two attached hydrogens (primary N) is 1. The summed E-state index contributed by atoms with van der Waals surface area (Å²) in [5.41, 5.74) is 9.96. The third-order valence-corrected chi connectivity index (χ3v) is 4.06. The molecule has 1 heterocycles. The van der Waals surface area contributed by atoms with Gasteiger partial charge in [0.05, 0.1) is 18.8 Å². The number of likely N-dealkylation sites (N-methyl/N-ethyl adjacent to an activating group) is 1. The summed E-state index contributed by atoms with van der Waals surface area (Å²) in [6.45, 7) is 9.96. The van der Waals surface area contributed by atoms with Crippen LogP contribution in [0.4, 0.5) is 0 Å². The molecule has 2 N–H and O–H groups in total. The predicted octanol–water partition coefficient (Wildman–Crippen LogP) is 2.02. The highest BCUT2D eigenvalue weighted by Crippen LogP contribution is 2.31. The summed E-state index contributed by atoms with van der Waals surface area (Å²) in [4.78, 5) is 2.48. The van der Waals surface area contributed by atoms with E-state index in [1.165, 1.54) is 16.7 Å². The summed E-state index contributed by atoms with van der Waals surface area (Å²) >= 11 is 0. The molecule has 0 spiro atoms. The van der Waals surface area contributed by atoms with Gasteiger partial charge in [-0.15, -0.1) is 0 Å². The van der Waals surface area contributed by atoms with E-state index in [1.807, 2.05) is 0 Å². The van der Waals surface area contributed by atoms with Gasteiger partial charge >= 0.3 is 0 Å². The van der Waals surface area contributed by atoms with Gasteiger partial charge in [0.2, 0.25) is 0 Å². The normalized spacial score (nSPS) is 25.3. The molecule has 3 heteroatoms. The third-order valence-electron chi connectivity index (χ3n) is 4.06. The molecule has 1 saturated heterocycles. The Morgan fingerprint density at radius 3 is 2.83 bits per heavy atom. The molecule has 0 bridgehead atoms. The first-order valence-corrected chi connectivity index (χ1v) is 6.80. The van der Waals surface area contributed by atoms with Crippen LogP contribution in [0.2, 0.25) is 0 Å². The number of benzene rings is 1. The molecule has 2 unspecified atom stereocenters. The highest BCUT2D eigenvalue weighted by molar-refractivity contribution is 5.36. The summed E-state index contributed by atoms with van der Waals surface area (Å²) in [5, 5.41) is 0. The van der Waals surface area contributed by atoms with Gasteiger partial charge in [0.25, 0.3) is 0 Å². The number of aryl methyl sites for hydroxylation is 1. The molecule has 1 fully saturated rings. The summed E-state index contributed by atoms with van der Waals surface area (Å²) in [5.74, 6) is 0. The van der Waals surface area contributed by atoms with E-state index in [1.54, 1.807) is 0 Å². The minimum absolute atomic E-state index is 0.110. The zero-order valence-corrected chi connectivity index (χ0v) is 11.6. The second-order valence-corrected chi connectivity index (χ2v) is 5.01. The van der Waals surface area contributed by atoms with Crippen LogP contribution in [0.5, 0.6) is 0 Å². The lowest BCUT2D eigenvalue weighted by Crippen LogP contribution is -2.48. The Kier molecular flexibility index (Phi) is 4.38. The Labute approximate surface area is 110 Å². The van der Waals surface area contributed by atoms with Crippen molar-refractivity contribution in [2.75, 3.05) is 26.2 Å². The lowest BCUT2D eigenvalue weighted by atomic mass is 9.92. The van der Waals surface area contributed by atoms with E-state index in [2.05, 4.69) is 43.9 Å². The molecule has 0 amide bonds. The van der Waals surface area contributed by atoms with Crippen LogP contribution in [0.15, 0.2) is 18.2 Å². The Hall–Kier alpha value is -0.900. The monoisotopic (exact) mass is 248 g/mol. The first kappa shape index (κ1) is 13.5. The average Bonchev–Trinajstić information content (AvgIpc) is 2.41. The van der Waals surface area contributed by atoms with Gasteiger partial charge in [-0.3, -0.25) is 4.90 Å². The predicted molar refractivity (Wildman–Crippen MR) is 74.7 cm³/mol. The fourth-order valence-electron chi connectivity index (χ4n) is 2.83. The average molecular weight is 248 g/mol. The highest BCUT2D eigenvalue weighted by atomic mass is 16.5. The van der Waals surface area contributed by atoms with E-state index in [4.69, 9.17) is 10.5 Å². The summed E-state index contributed by atoms with van der Waals surface area (Å²) < 4.78 is 5.85. The van der Waals surface area contributed by atoms with Crippen molar-refractivity contribution >= 4 is 0 Å². The molecular weight excluding hydrogens is 224 g/mol. The van der Waals surface area contributed by atoms with Gasteiger partial charge in [-0.1, -0.05) is 25.1 Å². The van der Waals surface area contributed by atoms with Crippen molar-refractivity contribution in [3.63, 3.8) is 0 Å². The van der Waals surface area contributed by atoms with E-state index in [0.29, 0.717) is 12.6 Å². The Morgan fingerprint density at radius 1 is 1.39 bits per heavy atom. The van der Waals surface area contributed by atoms with Gasteiger partial charge in [-0.05, 0) is 37.1 Å². The zero-order valence-electron chi connectivity index (χ0n) is 11.6. The molecule has 0 radical (unpaired) electrons. The van der Waals surface area contributed by atoms with Crippen LogP contribution in [0.25, 0.3) is 0 Å². The molecular formula is C15H24N2O. The molecule has 1 aromatic rings. The van der Waals surface area contributed by atoms with Crippen LogP contribution in [-0.2, 0) is 4.74 Å². The van der Waals surface area contributed by atoms with Crippen molar-refractivity contribution in [2.45, 2.75) is 32.9 Å². The van der Waals surface area contributed by atoms with Gasteiger partial charge in [-0.25, -0.2) is 0 Å². The number of nitrogens with zero attached hydrogens (tertiary/aromatic N) is 1. The van der Waals surface area contributed by atoms with Gasteiger partial charge < -0.3 is 10.5 Å². The van der Waals surface area contributed by atoms with Crippen LogP contribution in [-0.4, -0.2) is 37.2 Å². The second-order valence-electron chi connectivity index (χ2n) is 5.01. The minimum atomic E-state index is 0.110. The molecule has 1 aliphatic heterocycles. The van der Waals surface area contributed by atoms with E-state index in [-0.39, 0.29) is 6.10 Å². The first-order valence-electron chi connectivity index (χ1n) is 6.80. The fraction of sp³-hybridized carbons (Fsp3) is 0.600. The number of ether oxygens (including phenoxy) is 1. The first-order chi connectivity index (χ1) is 8.69. The van der Waals surface area contributed by atoms with Crippen molar-refractivity contribution in [3.05, 3.63) is 34.9 Å². The number of rotatable bonds is 3. The van der Waals surface area contributed by atoms with Crippen molar-refractivity contribution < 1.29 is 4.74 Å². The maximum absolute atomic E-state index is 5.88. The van der Waals surface area contributed by atoms with Gasteiger partial charge in [-0.2, -0.15) is 0 Å². The molecule has 0 aromatic heterocycles.